The maximum atomic E-state index is 11.6. The van der Waals surface area contributed by atoms with E-state index in [2.05, 4.69) is 0 Å². The third-order valence-electron chi connectivity index (χ3n) is 2.68. The minimum atomic E-state index is -0.681. The van der Waals surface area contributed by atoms with E-state index in [1.165, 1.54) is 9.46 Å². The Morgan fingerprint density at radius 1 is 0.773 bits per heavy atom. The summed E-state index contributed by atoms with van der Waals surface area (Å²) < 4.78 is 2.50. The Morgan fingerprint density at radius 2 is 1.09 bits per heavy atom. The first-order valence-electron chi connectivity index (χ1n) is 6.61. The van der Waals surface area contributed by atoms with Crippen LogP contribution in [0.25, 0.3) is 0 Å². The van der Waals surface area contributed by atoms with Crippen molar-refractivity contribution in [1.82, 2.24) is 0 Å². The van der Waals surface area contributed by atoms with Gasteiger partial charge in [0.15, 0.2) is 0 Å². The predicted octanol–water partition coefficient (Wildman–Crippen LogP) is 0.0452. The zero-order valence-corrected chi connectivity index (χ0v) is 12.3. The Bertz CT molecular complexity index is 630. The molecule has 0 aliphatic carbocycles. The van der Waals surface area contributed by atoms with Gasteiger partial charge in [0.25, 0.3) is 0 Å². The highest BCUT2D eigenvalue weighted by atomic mass is 16.7. The van der Waals surface area contributed by atoms with Gasteiger partial charge in [-0.3, -0.25) is 0 Å². The molecule has 0 atom stereocenters. The molecule has 2 heterocycles. The summed E-state index contributed by atoms with van der Waals surface area (Å²) in [6, 6.07) is 7.16. The Kier molecular flexibility index (Phi) is 4.98. The van der Waals surface area contributed by atoms with Crippen molar-refractivity contribution >= 4 is 11.9 Å². The van der Waals surface area contributed by atoms with Gasteiger partial charge in [-0.15, -0.1) is 0 Å². The quantitative estimate of drug-likeness (QED) is 0.591. The second kappa shape index (κ2) is 7.12. The molecule has 0 aliphatic heterocycles. The van der Waals surface area contributed by atoms with Crippen LogP contribution in [0.5, 0.6) is 0 Å². The summed E-state index contributed by atoms with van der Waals surface area (Å²) >= 11 is 0. The van der Waals surface area contributed by atoms with Crippen molar-refractivity contribution in [3.8, 4) is 0 Å². The number of pyridine rings is 2. The molecule has 2 aromatic rings. The van der Waals surface area contributed by atoms with Gasteiger partial charge < -0.3 is 0 Å². The lowest BCUT2D eigenvalue weighted by Gasteiger charge is -1.94. The van der Waals surface area contributed by atoms with Crippen molar-refractivity contribution in [3.63, 3.8) is 0 Å². The number of aryl methyl sites for hydroxylation is 2. The van der Waals surface area contributed by atoms with E-state index in [0.29, 0.717) is 0 Å². The van der Waals surface area contributed by atoms with Gasteiger partial charge in [-0.05, 0) is 25.0 Å². The van der Waals surface area contributed by atoms with Crippen molar-refractivity contribution in [2.75, 3.05) is 0 Å². The van der Waals surface area contributed by atoms with Crippen molar-refractivity contribution in [2.24, 2.45) is 0 Å². The summed E-state index contributed by atoms with van der Waals surface area (Å²) in [5.74, 6) is -1.36. The average molecular weight is 300 g/mol. The van der Waals surface area contributed by atoms with E-state index in [0.717, 1.165) is 23.3 Å². The fourth-order valence-corrected chi connectivity index (χ4v) is 1.50. The molecule has 0 bridgehead atoms. The van der Waals surface area contributed by atoms with E-state index in [-0.39, 0.29) is 0 Å². The zero-order chi connectivity index (χ0) is 15.9. The van der Waals surface area contributed by atoms with Gasteiger partial charge in [0, 0.05) is 45.9 Å². The molecular weight excluding hydrogens is 284 g/mol. The molecule has 0 amide bonds. The first-order valence-corrected chi connectivity index (χ1v) is 6.61. The third kappa shape index (κ3) is 4.82. The molecule has 0 fully saturated rings. The highest BCUT2D eigenvalue weighted by Crippen LogP contribution is 1.90. The standard InChI is InChI=1S/C16H16N2O4/c1-13-5-9-17(10-6-13)21-15(19)3-4-16(20)22-18-11-7-14(2)8-12-18/h3-12H,1-2H3/q+2/b4-3-. The molecule has 0 radical (unpaired) electrons. The fourth-order valence-electron chi connectivity index (χ4n) is 1.50. The number of rotatable bonds is 4. The van der Waals surface area contributed by atoms with Gasteiger partial charge in [0.2, 0.25) is 24.8 Å². The van der Waals surface area contributed by atoms with Gasteiger partial charge in [0.1, 0.15) is 0 Å². The molecule has 2 aromatic heterocycles. The summed E-state index contributed by atoms with van der Waals surface area (Å²) in [5.41, 5.74) is 2.09. The van der Waals surface area contributed by atoms with Crippen molar-refractivity contribution < 1.29 is 28.7 Å². The average Bonchev–Trinajstić information content (AvgIpc) is 2.50. The molecule has 0 aromatic carbocycles. The van der Waals surface area contributed by atoms with Crippen LogP contribution in [0.15, 0.2) is 61.2 Å². The highest BCUT2D eigenvalue weighted by Gasteiger charge is 2.11. The van der Waals surface area contributed by atoms with E-state index in [9.17, 15) is 9.59 Å². The van der Waals surface area contributed by atoms with E-state index in [1.54, 1.807) is 49.1 Å². The highest BCUT2D eigenvalue weighted by molar-refractivity contribution is 5.91. The third-order valence-corrected chi connectivity index (χ3v) is 2.68. The van der Waals surface area contributed by atoms with Gasteiger partial charge in [-0.1, -0.05) is 0 Å². The minimum Gasteiger partial charge on any atom is -0.239 e. The van der Waals surface area contributed by atoms with Crippen molar-refractivity contribution in [2.45, 2.75) is 13.8 Å². The van der Waals surface area contributed by atoms with Crippen LogP contribution in [0.3, 0.4) is 0 Å². The maximum Gasteiger partial charge on any atom is 0.404 e. The molecule has 0 spiro atoms. The van der Waals surface area contributed by atoms with Crippen LogP contribution in [0.4, 0.5) is 0 Å². The predicted molar refractivity (Wildman–Crippen MR) is 75.1 cm³/mol. The molecule has 0 unspecified atom stereocenters. The second-order valence-electron chi connectivity index (χ2n) is 4.62. The van der Waals surface area contributed by atoms with Crippen molar-refractivity contribution in [1.29, 1.82) is 0 Å². The van der Waals surface area contributed by atoms with Crippen LogP contribution in [-0.4, -0.2) is 11.9 Å². The van der Waals surface area contributed by atoms with E-state index >= 15 is 0 Å². The summed E-state index contributed by atoms with van der Waals surface area (Å²) in [5, 5.41) is 0. The Morgan fingerprint density at radius 3 is 1.41 bits per heavy atom. The number of hydrogen-bond donors (Lipinski definition) is 0. The number of carbonyl (C=O) groups is 2. The van der Waals surface area contributed by atoms with Gasteiger partial charge in [0.05, 0.1) is 0 Å². The first kappa shape index (κ1) is 15.4. The molecule has 2 rings (SSSR count). The van der Waals surface area contributed by atoms with E-state index in [4.69, 9.17) is 9.68 Å². The summed E-state index contributed by atoms with van der Waals surface area (Å²) in [6.07, 6.45) is 8.40. The lowest BCUT2D eigenvalue weighted by molar-refractivity contribution is -0.869. The van der Waals surface area contributed by atoms with Gasteiger partial charge in [-0.2, -0.15) is 9.68 Å². The molecular formula is C16H16N2O4+2. The summed E-state index contributed by atoms with van der Waals surface area (Å²) in [7, 11) is 0. The van der Waals surface area contributed by atoms with Crippen LogP contribution in [0.2, 0.25) is 0 Å². The lowest BCUT2D eigenvalue weighted by atomic mass is 10.3. The van der Waals surface area contributed by atoms with Gasteiger partial charge in [-0.25, -0.2) is 9.59 Å². The topological polar surface area (TPSA) is 60.4 Å². The molecule has 22 heavy (non-hydrogen) atoms. The van der Waals surface area contributed by atoms with Crippen molar-refractivity contribution in [3.05, 3.63) is 72.3 Å². The second-order valence-corrected chi connectivity index (χ2v) is 4.62. The Labute approximate surface area is 127 Å². The first-order chi connectivity index (χ1) is 10.5. The molecule has 0 N–H and O–H groups in total. The number of aromatic nitrogens is 2. The number of nitrogens with zero attached hydrogens (tertiary/aromatic N) is 2. The summed E-state index contributed by atoms with van der Waals surface area (Å²) in [4.78, 5) is 33.0. The maximum absolute atomic E-state index is 11.6. The van der Waals surface area contributed by atoms with E-state index in [1.807, 2.05) is 13.8 Å². The Hall–Kier alpha value is -3.02. The molecule has 0 saturated carbocycles. The SMILES string of the molecule is Cc1cc[n+](OC(=O)/C=C\C(=O)O[n+]2ccc(C)cc2)cc1. The molecule has 6 nitrogen and oxygen atoms in total. The fraction of sp³-hybridized carbons (Fsp3) is 0.125. The molecule has 112 valence electrons. The molecule has 6 heteroatoms. The van der Waals surface area contributed by atoms with E-state index < -0.39 is 11.9 Å². The smallest absolute Gasteiger partial charge is 0.239 e. The van der Waals surface area contributed by atoms with Crippen LogP contribution in [0, 0.1) is 13.8 Å². The van der Waals surface area contributed by atoms with Crippen LogP contribution < -0.4 is 19.1 Å². The molecule has 0 saturated heterocycles. The summed E-state index contributed by atoms with van der Waals surface area (Å²) in [6.45, 7) is 3.84. The molecule has 0 aliphatic rings. The normalized spacial score (nSPS) is 10.5. The van der Waals surface area contributed by atoms with Crippen LogP contribution >= 0.6 is 0 Å². The number of carbonyl (C=O) groups excluding carboxylic acids is 2. The Balaban J connectivity index is 1.87. The largest absolute Gasteiger partial charge is 0.404 e. The lowest BCUT2D eigenvalue weighted by Crippen LogP contribution is -2.45. The van der Waals surface area contributed by atoms with Gasteiger partial charge >= 0.3 is 11.9 Å². The van der Waals surface area contributed by atoms with Crippen LogP contribution in [-0.2, 0) is 9.59 Å². The minimum absolute atomic E-state index is 0.681. The van der Waals surface area contributed by atoms with Crippen LogP contribution in [0.1, 0.15) is 11.1 Å². The zero-order valence-electron chi connectivity index (χ0n) is 12.3. The number of hydrogen-bond acceptors (Lipinski definition) is 4. The monoisotopic (exact) mass is 300 g/mol.